The zero-order chi connectivity index (χ0) is 19.5. The zero-order valence-corrected chi connectivity index (χ0v) is 16.7. The molecule has 26 heavy (non-hydrogen) atoms. The molecule has 1 heterocycles. The Bertz CT molecular complexity index is 746. The van der Waals surface area contributed by atoms with Crippen molar-refractivity contribution < 1.29 is 18.0 Å². The average Bonchev–Trinajstić information content (AvgIpc) is 2.60. The number of rotatable bonds is 6. The summed E-state index contributed by atoms with van der Waals surface area (Å²) >= 11 is 0. The maximum atomic E-state index is 12.2. The third-order valence-corrected chi connectivity index (χ3v) is 6.10. The second kappa shape index (κ2) is 8.20. The number of benzene rings is 1. The topological polar surface area (TPSA) is 83.6 Å². The first-order valence-electron chi connectivity index (χ1n) is 9.07. The third-order valence-electron chi connectivity index (χ3n) is 4.74. The number of anilines is 1. The maximum absolute atomic E-state index is 12.2. The highest BCUT2D eigenvalue weighted by atomic mass is 32.2. The number of carbonyl (C=O) groups is 2. The highest BCUT2D eigenvalue weighted by Gasteiger charge is 2.27. The van der Waals surface area contributed by atoms with E-state index < -0.39 is 21.8 Å². The van der Waals surface area contributed by atoms with E-state index >= 15 is 0 Å². The van der Waals surface area contributed by atoms with Gasteiger partial charge in [0.15, 0.2) is 0 Å². The molecule has 0 spiro atoms. The summed E-state index contributed by atoms with van der Waals surface area (Å²) in [6, 6.07) is 6.52. The van der Waals surface area contributed by atoms with Gasteiger partial charge in [-0.25, -0.2) is 13.1 Å². The van der Waals surface area contributed by atoms with Crippen LogP contribution in [0.5, 0.6) is 0 Å². The van der Waals surface area contributed by atoms with Gasteiger partial charge >= 0.3 is 0 Å². The Morgan fingerprint density at radius 3 is 2.00 bits per heavy atom. The number of amides is 1. The van der Waals surface area contributed by atoms with Gasteiger partial charge in [-0.1, -0.05) is 27.7 Å². The molecule has 1 amide bonds. The molecule has 7 heteroatoms. The standard InChI is InChI=1S/C19H28N2O4S/c1-13(2)18(22)15-9-11-21(12-10-15)16-5-7-17(8-6-16)26(24,25)20-19(23)14(3)4/h5-8,13-15H,9-12H2,1-4H3,(H,20,23). The van der Waals surface area contributed by atoms with Crippen molar-refractivity contribution in [2.45, 2.75) is 45.4 Å². The first-order valence-corrected chi connectivity index (χ1v) is 10.6. The van der Waals surface area contributed by atoms with E-state index in [1.807, 2.05) is 13.8 Å². The molecule has 1 fully saturated rings. The van der Waals surface area contributed by atoms with Crippen molar-refractivity contribution in [3.63, 3.8) is 0 Å². The van der Waals surface area contributed by atoms with Crippen LogP contribution in [-0.4, -0.2) is 33.2 Å². The fourth-order valence-electron chi connectivity index (χ4n) is 3.04. The van der Waals surface area contributed by atoms with E-state index in [1.165, 1.54) is 12.1 Å². The summed E-state index contributed by atoms with van der Waals surface area (Å²) in [5, 5.41) is 0. The highest BCUT2D eigenvalue weighted by Crippen LogP contribution is 2.26. The minimum absolute atomic E-state index is 0.0667. The molecule has 2 rings (SSSR count). The summed E-state index contributed by atoms with van der Waals surface area (Å²) in [6.45, 7) is 8.71. The number of ketones is 1. The lowest BCUT2D eigenvalue weighted by Gasteiger charge is -2.33. The molecule has 0 bridgehead atoms. The molecule has 1 saturated heterocycles. The number of carbonyl (C=O) groups excluding carboxylic acids is 2. The van der Waals surface area contributed by atoms with Gasteiger partial charge in [-0.05, 0) is 37.1 Å². The van der Waals surface area contributed by atoms with E-state index in [-0.39, 0.29) is 16.7 Å². The molecule has 0 radical (unpaired) electrons. The van der Waals surface area contributed by atoms with Crippen LogP contribution in [0.25, 0.3) is 0 Å². The van der Waals surface area contributed by atoms with Crippen molar-refractivity contribution in [2.24, 2.45) is 17.8 Å². The molecule has 6 nitrogen and oxygen atoms in total. The smallest absolute Gasteiger partial charge is 0.264 e. The van der Waals surface area contributed by atoms with Crippen molar-refractivity contribution >= 4 is 27.4 Å². The number of sulfonamides is 1. The van der Waals surface area contributed by atoms with E-state index in [4.69, 9.17) is 0 Å². The Kier molecular flexibility index (Phi) is 6.44. The van der Waals surface area contributed by atoms with Crippen LogP contribution in [0, 0.1) is 17.8 Å². The van der Waals surface area contributed by atoms with Crippen molar-refractivity contribution in [3.05, 3.63) is 24.3 Å². The fraction of sp³-hybridized carbons (Fsp3) is 0.579. The Morgan fingerprint density at radius 2 is 1.54 bits per heavy atom. The van der Waals surface area contributed by atoms with Gasteiger partial charge in [0.2, 0.25) is 5.91 Å². The summed E-state index contributed by atoms with van der Waals surface area (Å²) in [6.07, 6.45) is 1.64. The Morgan fingerprint density at radius 1 is 1.00 bits per heavy atom. The lowest BCUT2D eigenvalue weighted by Crippen LogP contribution is -2.37. The highest BCUT2D eigenvalue weighted by molar-refractivity contribution is 7.90. The van der Waals surface area contributed by atoms with Crippen LogP contribution in [-0.2, 0) is 19.6 Å². The van der Waals surface area contributed by atoms with Gasteiger partial charge in [-0.3, -0.25) is 9.59 Å². The van der Waals surface area contributed by atoms with Crippen molar-refractivity contribution in [2.75, 3.05) is 18.0 Å². The number of nitrogens with one attached hydrogen (secondary N) is 1. The fourth-order valence-corrected chi connectivity index (χ4v) is 4.15. The van der Waals surface area contributed by atoms with Crippen LogP contribution in [0.2, 0.25) is 0 Å². The van der Waals surface area contributed by atoms with E-state index in [2.05, 4.69) is 9.62 Å². The summed E-state index contributed by atoms with van der Waals surface area (Å²) in [5.74, 6) is -0.411. The summed E-state index contributed by atoms with van der Waals surface area (Å²) in [5.41, 5.74) is 0.926. The predicted octanol–water partition coefficient (Wildman–Crippen LogP) is 2.59. The quantitative estimate of drug-likeness (QED) is 0.820. The average molecular weight is 381 g/mol. The Labute approximate surface area is 156 Å². The molecule has 1 aromatic carbocycles. The minimum Gasteiger partial charge on any atom is -0.371 e. The van der Waals surface area contributed by atoms with Gasteiger partial charge in [-0.15, -0.1) is 0 Å². The molecule has 0 aliphatic carbocycles. The molecule has 144 valence electrons. The van der Waals surface area contributed by atoms with E-state index in [0.717, 1.165) is 31.6 Å². The van der Waals surface area contributed by atoms with Gasteiger partial charge in [0.05, 0.1) is 4.90 Å². The van der Waals surface area contributed by atoms with Crippen LogP contribution in [0.15, 0.2) is 29.2 Å². The number of hydrogen-bond acceptors (Lipinski definition) is 5. The van der Waals surface area contributed by atoms with Gasteiger partial charge in [0, 0.05) is 36.5 Å². The normalized spacial score (nSPS) is 16.2. The van der Waals surface area contributed by atoms with Crippen molar-refractivity contribution in [1.29, 1.82) is 0 Å². The van der Waals surface area contributed by atoms with E-state index in [9.17, 15) is 18.0 Å². The minimum atomic E-state index is -3.84. The molecule has 1 aromatic rings. The molecular formula is C19H28N2O4S. The summed E-state index contributed by atoms with van der Waals surface area (Å²) < 4.78 is 26.5. The number of Topliss-reactive ketones (excluding diaryl/α,β-unsaturated/α-hetero) is 1. The Hall–Kier alpha value is -1.89. The van der Waals surface area contributed by atoms with Gasteiger partial charge in [0.25, 0.3) is 10.0 Å². The Balaban J connectivity index is 2.02. The third kappa shape index (κ3) is 4.84. The molecule has 0 atom stereocenters. The monoisotopic (exact) mass is 380 g/mol. The van der Waals surface area contributed by atoms with Crippen molar-refractivity contribution in [1.82, 2.24) is 4.72 Å². The molecular weight excluding hydrogens is 352 g/mol. The zero-order valence-electron chi connectivity index (χ0n) is 15.9. The molecule has 0 aromatic heterocycles. The second-order valence-corrected chi connectivity index (χ2v) is 9.12. The van der Waals surface area contributed by atoms with E-state index in [0.29, 0.717) is 5.78 Å². The predicted molar refractivity (Wildman–Crippen MR) is 101 cm³/mol. The molecule has 1 aliphatic heterocycles. The summed E-state index contributed by atoms with van der Waals surface area (Å²) in [7, 11) is -3.84. The largest absolute Gasteiger partial charge is 0.371 e. The molecule has 0 unspecified atom stereocenters. The lowest BCUT2D eigenvalue weighted by atomic mass is 9.87. The molecule has 1 N–H and O–H groups in total. The number of nitrogens with zero attached hydrogens (tertiary/aromatic N) is 1. The lowest BCUT2D eigenvalue weighted by molar-refractivity contribution is -0.126. The van der Waals surface area contributed by atoms with Gasteiger partial charge in [-0.2, -0.15) is 0 Å². The number of hydrogen-bond donors (Lipinski definition) is 1. The first-order chi connectivity index (χ1) is 12.1. The molecule has 1 aliphatic rings. The van der Waals surface area contributed by atoms with Crippen LogP contribution < -0.4 is 9.62 Å². The van der Waals surface area contributed by atoms with Crippen LogP contribution in [0.3, 0.4) is 0 Å². The first kappa shape index (κ1) is 20.4. The van der Waals surface area contributed by atoms with E-state index in [1.54, 1.807) is 26.0 Å². The maximum Gasteiger partial charge on any atom is 0.264 e. The van der Waals surface area contributed by atoms with Gasteiger partial charge in [0.1, 0.15) is 5.78 Å². The van der Waals surface area contributed by atoms with Crippen LogP contribution in [0.4, 0.5) is 5.69 Å². The summed E-state index contributed by atoms with van der Waals surface area (Å²) in [4.78, 5) is 26.0. The SMILES string of the molecule is CC(C)C(=O)NS(=O)(=O)c1ccc(N2CCC(C(=O)C(C)C)CC2)cc1. The van der Waals surface area contributed by atoms with Gasteiger partial charge < -0.3 is 4.90 Å². The van der Waals surface area contributed by atoms with Crippen LogP contribution in [0.1, 0.15) is 40.5 Å². The second-order valence-electron chi connectivity index (χ2n) is 7.44. The van der Waals surface area contributed by atoms with Crippen molar-refractivity contribution in [3.8, 4) is 0 Å². The van der Waals surface area contributed by atoms with Crippen LogP contribution >= 0.6 is 0 Å². The molecule has 0 saturated carbocycles. The number of piperidine rings is 1.